The van der Waals surface area contributed by atoms with E-state index >= 15 is 0 Å². The predicted octanol–water partition coefficient (Wildman–Crippen LogP) is 2.28. The van der Waals surface area contributed by atoms with Gasteiger partial charge in [-0.05, 0) is 12.1 Å². The Morgan fingerprint density at radius 3 is 2.67 bits per heavy atom. The normalized spacial score (nSPS) is 10.1. The third kappa shape index (κ3) is 3.58. The van der Waals surface area contributed by atoms with Crippen molar-refractivity contribution < 1.29 is 5.11 Å². The molecule has 94 valence electrons. The Labute approximate surface area is 110 Å². The van der Waals surface area contributed by atoms with Crippen molar-refractivity contribution in [3.05, 3.63) is 41.6 Å². The smallest absolute Gasteiger partial charge is 0.226 e. The van der Waals surface area contributed by atoms with Gasteiger partial charge in [-0.2, -0.15) is 4.98 Å². The fraction of sp³-hybridized carbons (Fsp3) is 0.167. The Morgan fingerprint density at radius 2 is 1.94 bits per heavy atom. The lowest BCUT2D eigenvalue weighted by molar-refractivity contribution is 0.311. The molecule has 0 fully saturated rings. The molecule has 5 nitrogen and oxygen atoms in total. The molecule has 0 aliphatic carbocycles. The molecule has 0 saturated carbocycles. The molecular weight excluding hydrogens is 252 g/mol. The van der Waals surface area contributed by atoms with E-state index in [1.807, 2.05) is 30.3 Å². The monoisotopic (exact) mass is 264 g/mol. The van der Waals surface area contributed by atoms with Gasteiger partial charge >= 0.3 is 0 Å². The van der Waals surface area contributed by atoms with Crippen molar-refractivity contribution >= 4 is 29.1 Å². The molecule has 0 saturated heterocycles. The van der Waals surface area contributed by atoms with Crippen LogP contribution in [0.5, 0.6) is 0 Å². The molecule has 1 heterocycles. The maximum Gasteiger partial charge on any atom is 0.226 e. The van der Waals surface area contributed by atoms with Gasteiger partial charge in [-0.15, -0.1) is 0 Å². The van der Waals surface area contributed by atoms with Gasteiger partial charge in [0.2, 0.25) is 5.95 Å². The van der Waals surface area contributed by atoms with Crippen LogP contribution >= 0.6 is 11.6 Å². The summed E-state index contributed by atoms with van der Waals surface area (Å²) in [6.07, 6.45) is 0. The summed E-state index contributed by atoms with van der Waals surface area (Å²) >= 11 is 5.90. The summed E-state index contributed by atoms with van der Waals surface area (Å²) in [6, 6.07) is 11.3. The van der Waals surface area contributed by atoms with Crippen molar-refractivity contribution in [1.82, 2.24) is 9.97 Å². The maximum absolute atomic E-state index is 8.73. The molecule has 2 rings (SSSR count). The Morgan fingerprint density at radius 1 is 1.17 bits per heavy atom. The number of aliphatic hydroxyl groups excluding tert-OH is 1. The van der Waals surface area contributed by atoms with Crippen molar-refractivity contribution in [3.63, 3.8) is 0 Å². The average Bonchev–Trinajstić information content (AvgIpc) is 2.37. The molecule has 1 aromatic carbocycles. The highest BCUT2D eigenvalue weighted by Crippen LogP contribution is 2.18. The summed E-state index contributed by atoms with van der Waals surface area (Å²) in [6.45, 7) is 0.391. The van der Waals surface area contributed by atoms with Gasteiger partial charge < -0.3 is 15.7 Å². The minimum atomic E-state index is 0.0112. The number of hydrogen-bond donors (Lipinski definition) is 3. The van der Waals surface area contributed by atoms with Gasteiger partial charge in [0.15, 0.2) is 0 Å². The first-order valence-electron chi connectivity index (χ1n) is 5.49. The molecule has 0 bridgehead atoms. The number of nitrogens with zero attached hydrogens (tertiary/aromatic N) is 2. The van der Waals surface area contributed by atoms with Crippen LogP contribution in [0.1, 0.15) is 0 Å². The fourth-order valence-corrected chi connectivity index (χ4v) is 1.58. The van der Waals surface area contributed by atoms with Crippen LogP contribution < -0.4 is 10.6 Å². The van der Waals surface area contributed by atoms with Crippen LogP contribution in [0.15, 0.2) is 36.4 Å². The fourth-order valence-electron chi connectivity index (χ4n) is 1.40. The van der Waals surface area contributed by atoms with Crippen LogP contribution in [0, 0.1) is 0 Å². The highest BCUT2D eigenvalue weighted by molar-refractivity contribution is 6.29. The van der Waals surface area contributed by atoms with E-state index in [0.717, 1.165) is 5.69 Å². The Kier molecular flexibility index (Phi) is 4.33. The zero-order chi connectivity index (χ0) is 12.8. The first kappa shape index (κ1) is 12.6. The Bertz CT molecular complexity index is 507. The van der Waals surface area contributed by atoms with Crippen LogP contribution in [0.25, 0.3) is 0 Å². The van der Waals surface area contributed by atoms with E-state index < -0.39 is 0 Å². The van der Waals surface area contributed by atoms with Gasteiger partial charge in [0.25, 0.3) is 0 Å². The van der Waals surface area contributed by atoms with E-state index in [0.29, 0.717) is 23.5 Å². The molecule has 1 aromatic heterocycles. The Balaban J connectivity index is 2.15. The zero-order valence-electron chi connectivity index (χ0n) is 9.60. The molecule has 2 aromatic rings. The molecule has 0 aliphatic rings. The van der Waals surface area contributed by atoms with Gasteiger partial charge in [0.1, 0.15) is 11.0 Å². The maximum atomic E-state index is 8.73. The van der Waals surface area contributed by atoms with Crippen molar-refractivity contribution in [2.24, 2.45) is 0 Å². The molecule has 0 radical (unpaired) electrons. The summed E-state index contributed by atoms with van der Waals surface area (Å²) < 4.78 is 0. The van der Waals surface area contributed by atoms with Crippen LogP contribution in [0.3, 0.4) is 0 Å². The summed E-state index contributed by atoms with van der Waals surface area (Å²) in [5.74, 6) is 0.983. The van der Waals surface area contributed by atoms with Gasteiger partial charge in [-0.25, -0.2) is 4.98 Å². The van der Waals surface area contributed by atoms with Crippen molar-refractivity contribution in [1.29, 1.82) is 0 Å². The molecule has 6 heteroatoms. The number of aliphatic hydroxyl groups is 1. The highest BCUT2D eigenvalue weighted by Gasteiger charge is 2.03. The zero-order valence-corrected chi connectivity index (χ0v) is 10.4. The number of nitrogens with one attached hydrogen (secondary N) is 2. The molecule has 3 N–H and O–H groups in total. The second-order valence-corrected chi connectivity index (χ2v) is 3.93. The van der Waals surface area contributed by atoms with E-state index in [2.05, 4.69) is 20.6 Å². The SMILES string of the molecule is OCCNc1nc(Cl)cc(Nc2ccccc2)n1. The van der Waals surface area contributed by atoms with Crippen LogP contribution in [0.4, 0.5) is 17.5 Å². The first-order chi connectivity index (χ1) is 8.78. The molecular formula is C12H13ClN4O. The quantitative estimate of drug-likeness (QED) is 0.723. The summed E-state index contributed by atoms with van der Waals surface area (Å²) in [7, 11) is 0. The third-order valence-electron chi connectivity index (χ3n) is 2.14. The number of rotatable bonds is 5. The molecule has 18 heavy (non-hydrogen) atoms. The lowest BCUT2D eigenvalue weighted by Gasteiger charge is -2.08. The number of halogens is 1. The number of anilines is 3. The first-order valence-corrected chi connectivity index (χ1v) is 5.87. The lowest BCUT2D eigenvalue weighted by Crippen LogP contribution is -2.09. The predicted molar refractivity (Wildman–Crippen MR) is 72.3 cm³/mol. The van der Waals surface area contributed by atoms with E-state index in [1.54, 1.807) is 6.07 Å². The van der Waals surface area contributed by atoms with Gasteiger partial charge in [0.05, 0.1) is 6.61 Å². The van der Waals surface area contributed by atoms with E-state index in [-0.39, 0.29) is 6.61 Å². The number of aromatic nitrogens is 2. The molecule has 0 unspecified atom stereocenters. The summed E-state index contributed by atoms with van der Waals surface area (Å²) in [5.41, 5.74) is 0.917. The van der Waals surface area contributed by atoms with Crippen LogP contribution in [-0.2, 0) is 0 Å². The minimum absolute atomic E-state index is 0.0112. The van der Waals surface area contributed by atoms with Gasteiger partial charge in [-0.3, -0.25) is 0 Å². The van der Waals surface area contributed by atoms with Gasteiger partial charge in [0, 0.05) is 18.3 Å². The molecule has 0 amide bonds. The summed E-state index contributed by atoms with van der Waals surface area (Å²) in [5, 5.41) is 15.1. The van der Waals surface area contributed by atoms with E-state index in [4.69, 9.17) is 16.7 Å². The lowest BCUT2D eigenvalue weighted by atomic mass is 10.3. The third-order valence-corrected chi connectivity index (χ3v) is 2.33. The van der Waals surface area contributed by atoms with Crippen molar-refractivity contribution in [3.8, 4) is 0 Å². The minimum Gasteiger partial charge on any atom is -0.395 e. The van der Waals surface area contributed by atoms with Crippen LogP contribution in [0.2, 0.25) is 5.15 Å². The average molecular weight is 265 g/mol. The van der Waals surface area contributed by atoms with E-state index in [9.17, 15) is 0 Å². The number of benzene rings is 1. The van der Waals surface area contributed by atoms with Crippen molar-refractivity contribution in [2.75, 3.05) is 23.8 Å². The largest absolute Gasteiger partial charge is 0.395 e. The topological polar surface area (TPSA) is 70.1 Å². The molecule has 0 spiro atoms. The second kappa shape index (κ2) is 6.18. The second-order valence-electron chi connectivity index (χ2n) is 3.54. The van der Waals surface area contributed by atoms with Crippen molar-refractivity contribution in [2.45, 2.75) is 0 Å². The van der Waals surface area contributed by atoms with Gasteiger partial charge in [-0.1, -0.05) is 29.8 Å². The standard InChI is InChI=1S/C12H13ClN4O/c13-10-8-11(15-9-4-2-1-3-5-9)17-12(16-10)14-6-7-18/h1-5,8,18H,6-7H2,(H2,14,15,16,17). The Hall–Kier alpha value is -1.85. The molecule has 0 atom stereocenters. The van der Waals surface area contributed by atoms with Crippen LogP contribution in [-0.4, -0.2) is 28.2 Å². The number of hydrogen-bond acceptors (Lipinski definition) is 5. The van der Waals surface area contributed by atoms with E-state index in [1.165, 1.54) is 0 Å². The summed E-state index contributed by atoms with van der Waals surface area (Å²) in [4.78, 5) is 8.24. The molecule has 0 aliphatic heterocycles. The highest BCUT2D eigenvalue weighted by atomic mass is 35.5. The number of para-hydroxylation sites is 1.